The second kappa shape index (κ2) is 5.33. The van der Waals surface area contributed by atoms with Crippen LogP contribution in [-0.2, 0) is 5.75 Å². The van der Waals surface area contributed by atoms with Crippen molar-refractivity contribution in [3.8, 4) is 0 Å². The molecule has 0 aromatic carbocycles. The molecule has 2 aromatic rings. The van der Waals surface area contributed by atoms with Gasteiger partial charge in [-0.25, -0.2) is 4.98 Å². The van der Waals surface area contributed by atoms with E-state index in [1.165, 1.54) is 17.8 Å². The van der Waals surface area contributed by atoms with Crippen LogP contribution in [0.1, 0.15) is 5.56 Å². The molecule has 5 nitrogen and oxygen atoms in total. The van der Waals surface area contributed by atoms with E-state index in [1.54, 1.807) is 12.4 Å². The molecule has 2 rings (SSSR count). The number of hydrogen-bond donors (Lipinski definition) is 2. The summed E-state index contributed by atoms with van der Waals surface area (Å²) in [6.07, 6.45) is 3.48. The van der Waals surface area contributed by atoms with Crippen molar-refractivity contribution in [1.82, 2.24) is 15.0 Å². The highest BCUT2D eigenvalue weighted by molar-refractivity contribution is 9.10. The molecule has 0 bridgehead atoms. The van der Waals surface area contributed by atoms with Gasteiger partial charge in [-0.2, -0.15) is 0 Å². The van der Waals surface area contributed by atoms with Gasteiger partial charge in [0.05, 0.1) is 0 Å². The monoisotopic (exact) mass is 312 g/mol. The van der Waals surface area contributed by atoms with Gasteiger partial charge in [0.2, 0.25) is 0 Å². The number of hydrogen-bond acceptors (Lipinski definition) is 5. The topological polar surface area (TPSA) is 84.7 Å². The number of halogens is 1. The standard InChI is InChI=1S/C10H9BrN4OS/c11-7-1-6(3-13-4-7)5-17-10-14-8(12)2-9(16)15-10/h1-4H,5H2,(H3,12,14,15,16). The maximum Gasteiger partial charge on any atom is 0.253 e. The lowest BCUT2D eigenvalue weighted by atomic mass is 10.3. The molecule has 0 aliphatic rings. The first-order chi connectivity index (χ1) is 8.13. The maximum absolute atomic E-state index is 11.2. The molecule has 0 fully saturated rings. The van der Waals surface area contributed by atoms with Crippen LogP contribution in [-0.4, -0.2) is 15.0 Å². The number of aromatic amines is 1. The lowest BCUT2D eigenvalue weighted by Crippen LogP contribution is -2.09. The summed E-state index contributed by atoms with van der Waals surface area (Å²) < 4.78 is 0.921. The SMILES string of the molecule is Nc1cc(=O)[nH]c(SCc2cncc(Br)c2)n1. The Morgan fingerprint density at radius 3 is 2.94 bits per heavy atom. The van der Waals surface area contributed by atoms with Crippen LogP contribution >= 0.6 is 27.7 Å². The third kappa shape index (κ3) is 3.57. The number of pyridine rings is 1. The van der Waals surface area contributed by atoms with Crippen LogP contribution in [0.5, 0.6) is 0 Å². The molecule has 0 amide bonds. The number of thioether (sulfide) groups is 1. The first kappa shape index (κ1) is 12.1. The molecule has 0 aliphatic heterocycles. The summed E-state index contributed by atoms with van der Waals surface area (Å²) in [6, 6.07) is 3.22. The van der Waals surface area contributed by atoms with Crippen molar-refractivity contribution in [3.63, 3.8) is 0 Å². The summed E-state index contributed by atoms with van der Waals surface area (Å²) in [4.78, 5) is 21.9. The van der Waals surface area contributed by atoms with E-state index >= 15 is 0 Å². The van der Waals surface area contributed by atoms with E-state index in [9.17, 15) is 4.79 Å². The van der Waals surface area contributed by atoms with Crippen molar-refractivity contribution in [2.45, 2.75) is 10.9 Å². The molecular formula is C10H9BrN4OS. The summed E-state index contributed by atoms with van der Waals surface area (Å²) in [7, 11) is 0. The number of aromatic nitrogens is 3. The molecule has 88 valence electrons. The normalized spacial score (nSPS) is 10.4. The Kier molecular flexibility index (Phi) is 3.80. The van der Waals surface area contributed by atoms with Crippen molar-refractivity contribution in [2.75, 3.05) is 5.73 Å². The van der Waals surface area contributed by atoms with Crippen LogP contribution in [0.25, 0.3) is 0 Å². The Bertz CT molecular complexity index is 587. The minimum absolute atomic E-state index is 0.226. The second-order valence-electron chi connectivity index (χ2n) is 3.28. The van der Waals surface area contributed by atoms with Gasteiger partial charge in [-0.15, -0.1) is 0 Å². The number of nitrogens with zero attached hydrogens (tertiary/aromatic N) is 2. The highest BCUT2D eigenvalue weighted by Gasteiger charge is 2.01. The molecule has 7 heteroatoms. The molecule has 0 aliphatic carbocycles. The van der Waals surface area contributed by atoms with Crippen molar-refractivity contribution < 1.29 is 0 Å². The fourth-order valence-electron chi connectivity index (χ4n) is 1.21. The van der Waals surface area contributed by atoms with Gasteiger partial charge in [0.1, 0.15) is 5.82 Å². The minimum Gasteiger partial charge on any atom is -0.383 e. The zero-order valence-electron chi connectivity index (χ0n) is 8.68. The van der Waals surface area contributed by atoms with Crippen molar-refractivity contribution in [1.29, 1.82) is 0 Å². The van der Waals surface area contributed by atoms with Crippen LogP contribution in [0.4, 0.5) is 5.82 Å². The van der Waals surface area contributed by atoms with E-state index in [1.807, 2.05) is 6.07 Å². The van der Waals surface area contributed by atoms with Crippen molar-refractivity contribution >= 4 is 33.5 Å². The predicted molar refractivity (Wildman–Crippen MR) is 70.8 cm³/mol. The van der Waals surface area contributed by atoms with Gasteiger partial charge in [-0.1, -0.05) is 11.8 Å². The Hall–Kier alpha value is -1.34. The predicted octanol–water partition coefficient (Wildman–Crippen LogP) is 1.80. The van der Waals surface area contributed by atoms with E-state index < -0.39 is 0 Å². The average molecular weight is 313 g/mol. The number of rotatable bonds is 3. The molecule has 0 saturated carbocycles. The van der Waals surface area contributed by atoms with Crippen LogP contribution in [0.15, 0.2) is 39.0 Å². The smallest absolute Gasteiger partial charge is 0.253 e. The number of anilines is 1. The molecule has 0 radical (unpaired) electrons. The first-order valence-corrected chi connectivity index (χ1v) is 6.50. The van der Waals surface area contributed by atoms with Gasteiger partial charge in [-0.3, -0.25) is 9.78 Å². The largest absolute Gasteiger partial charge is 0.383 e. The molecule has 3 N–H and O–H groups in total. The summed E-state index contributed by atoms with van der Waals surface area (Å²) in [6.45, 7) is 0. The Balaban J connectivity index is 2.09. The summed E-state index contributed by atoms with van der Waals surface area (Å²) in [5.74, 6) is 0.891. The zero-order valence-corrected chi connectivity index (χ0v) is 11.1. The Labute approximate surface area is 110 Å². The average Bonchev–Trinajstić information content (AvgIpc) is 2.25. The molecule has 17 heavy (non-hydrogen) atoms. The van der Waals surface area contributed by atoms with E-state index in [0.29, 0.717) is 10.9 Å². The third-order valence-corrected chi connectivity index (χ3v) is 3.25. The fourth-order valence-corrected chi connectivity index (χ4v) is 2.42. The summed E-state index contributed by atoms with van der Waals surface area (Å²) >= 11 is 4.75. The van der Waals surface area contributed by atoms with Crippen LogP contribution < -0.4 is 11.3 Å². The minimum atomic E-state index is -0.243. The second-order valence-corrected chi connectivity index (χ2v) is 5.16. The van der Waals surface area contributed by atoms with Crippen LogP contribution in [0.3, 0.4) is 0 Å². The lowest BCUT2D eigenvalue weighted by molar-refractivity contribution is 0.944. The lowest BCUT2D eigenvalue weighted by Gasteiger charge is -2.02. The highest BCUT2D eigenvalue weighted by Crippen LogP contribution is 2.20. The molecule has 0 saturated heterocycles. The van der Waals surface area contributed by atoms with Gasteiger partial charge in [-0.05, 0) is 27.6 Å². The summed E-state index contributed by atoms with van der Waals surface area (Å²) in [5, 5.41) is 0.509. The van der Waals surface area contributed by atoms with E-state index in [4.69, 9.17) is 5.73 Å². The van der Waals surface area contributed by atoms with Gasteiger partial charge in [0.15, 0.2) is 5.16 Å². The van der Waals surface area contributed by atoms with Crippen LogP contribution in [0, 0.1) is 0 Å². The number of nitrogens with one attached hydrogen (secondary N) is 1. The van der Waals surface area contributed by atoms with E-state index in [-0.39, 0.29) is 11.4 Å². The van der Waals surface area contributed by atoms with E-state index in [2.05, 4.69) is 30.9 Å². The maximum atomic E-state index is 11.2. The van der Waals surface area contributed by atoms with Crippen molar-refractivity contribution in [3.05, 3.63) is 44.9 Å². The number of nitrogens with two attached hydrogens (primary N) is 1. The van der Waals surface area contributed by atoms with Gasteiger partial charge in [0.25, 0.3) is 5.56 Å². The molecule has 0 atom stereocenters. The third-order valence-electron chi connectivity index (χ3n) is 1.88. The van der Waals surface area contributed by atoms with E-state index in [0.717, 1.165) is 10.0 Å². The molecule has 0 spiro atoms. The number of nitrogen functional groups attached to an aromatic ring is 1. The molecule has 0 unspecified atom stereocenters. The van der Waals surface area contributed by atoms with Crippen LogP contribution in [0.2, 0.25) is 0 Å². The Morgan fingerprint density at radius 2 is 2.24 bits per heavy atom. The quantitative estimate of drug-likeness (QED) is 0.667. The fraction of sp³-hybridized carbons (Fsp3) is 0.100. The number of H-pyrrole nitrogens is 1. The van der Waals surface area contributed by atoms with Crippen molar-refractivity contribution in [2.24, 2.45) is 0 Å². The molecule has 2 aromatic heterocycles. The van der Waals surface area contributed by atoms with Gasteiger partial charge < -0.3 is 10.7 Å². The van der Waals surface area contributed by atoms with Gasteiger partial charge >= 0.3 is 0 Å². The van der Waals surface area contributed by atoms with Gasteiger partial charge in [0, 0.05) is 28.7 Å². The highest BCUT2D eigenvalue weighted by atomic mass is 79.9. The zero-order chi connectivity index (χ0) is 12.3. The summed E-state index contributed by atoms with van der Waals surface area (Å²) in [5.41, 5.74) is 6.28. The molecule has 2 heterocycles. The Morgan fingerprint density at radius 1 is 1.41 bits per heavy atom. The molecular weight excluding hydrogens is 304 g/mol. The first-order valence-electron chi connectivity index (χ1n) is 4.72.